The number of piperidine rings is 1. The number of likely N-dealkylation sites (tertiary alicyclic amines) is 1. The van der Waals surface area contributed by atoms with Gasteiger partial charge in [0.1, 0.15) is 0 Å². The van der Waals surface area contributed by atoms with Gasteiger partial charge in [0.25, 0.3) is 5.91 Å². The molecule has 1 saturated heterocycles. The van der Waals surface area contributed by atoms with Gasteiger partial charge in [0, 0.05) is 25.3 Å². The summed E-state index contributed by atoms with van der Waals surface area (Å²) < 4.78 is 0. The first-order valence-corrected chi connectivity index (χ1v) is 9.26. The van der Waals surface area contributed by atoms with Gasteiger partial charge in [-0.3, -0.25) is 14.5 Å². The number of hydrogen-bond donors (Lipinski definition) is 2. The second kappa shape index (κ2) is 7.13. The number of nitrogens with two attached hydrogens (primary N) is 1. The lowest BCUT2D eigenvalue weighted by atomic mass is 10.0. The molecule has 2 aromatic rings. The van der Waals surface area contributed by atoms with Gasteiger partial charge in [-0.15, -0.1) is 0 Å². The van der Waals surface area contributed by atoms with Crippen LogP contribution in [0.15, 0.2) is 42.5 Å². The van der Waals surface area contributed by atoms with Crippen LogP contribution in [0, 0.1) is 0 Å². The lowest BCUT2D eigenvalue weighted by molar-refractivity contribution is 0.0792. The normalized spacial score (nSPS) is 18.0. The maximum atomic E-state index is 12.8. The van der Waals surface area contributed by atoms with E-state index < -0.39 is 5.91 Å². The Balaban J connectivity index is 1.49. The Morgan fingerprint density at radius 1 is 1.11 bits per heavy atom. The van der Waals surface area contributed by atoms with Crippen LogP contribution in [-0.4, -0.2) is 41.0 Å². The van der Waals surface area contributed by atoms with Crippen LogP contribution in [0.2, 0.25) is 0 Å². The lowest BCUT2D eigenvalue weighted by Gasteiger charge is -2.29. The van der Waals surface area contributed by atoms with Crippen LogP contribution >= 0.6 is 0 Å². The molecule has 2 amide bonds. The number of primary amides is 1. The number of amides is 2. The fourth-order valence-electron chi connectivity index (χ4n) is 3.89. The zero-order valence-corrected chi connectivity index (χ0v) is 15.1. The summed E-state index contributed by atoms with van der Waals surface area (Å²) in [6, 6.07) is 13.2. The molecule has 140 valence electrons. The van der Waals surface area contributed by atoms with Crippen molar-refractivity contribution in [3.63, 3.8) is 0 Å². The summed E-state index contributed by atoms with van der Waals surface area (Å²) in [7, 11) is 0. The van der Waals surface area contributed by atoms with Gasteiger partial charge >= 0.3 is 0 Å². The first-order valence-electron chi connectivity index (χ1n) is 9.26. The summed E-state index contributed by atoms with van der Waals surface area (Å²) in [6.07, 6.45) is 1.47. The fourth-order valence-corrected chi connectivity index (χ4v) is 3.89. The maximum absolute atomic E-state index is 12.8. The monoisotopic (exact) mass is 365 g/mol. The third kappa shape index (κ3) is 3.46. The predicted octanol–water partition coefficient (Wildman–Crippen LogP) is 1.90. The first-order chi connectivity index (χ1) is 13.0. The van der Waals surface area contributed by atoms with Crippen LogP contribution in [0.3, 0.4) is 0 Å². The van der Waals surface area contributed by atoms with Gasteiger partial charge in [0.15, 0.2) is 0 Å². The number of rotatable bonds is 4. The van der Waals surface area contributed by atoms with E-state index in [9.17, 15) is 14.7 Å². The fraction of sp³-hybridized carbons (Fsp3) is 0.333. The highest BCUT2D eigenvalue weighted by Gasteiger charge is 2.32. The van der Waals surface area contributed by atoms with Crippen LogP contribution in [0.5, 0.6) is 0 Å². The molecule has 2 heterocycles. The molecular formula is C21H23N3O3. The first kappa shape index (κ1) is 17.7. The molecule has 0 saturated carbocycles. The van der Waals surface area contributed by atoms with Crippen LogP contribution in [0.25, 0.3) is 0 Å². The summed E-state index contributed by atoms with van der Waals surface area (Å²) in [6.45, 7) is 3.09. The van der Waals surface area contributed by atoms with Crippen molar-refractivity contribution in [2.75, 3.05) is 18.0 Å². The van der Waals surface area contributed by atoms with Gasteiger partial charge in [0.2, 0.25) is 5.91 Å². The second-order valence-corrected chi connectivity index (χ2v) is 7.27. The SMILES string of the molecule is NC(=O)c1cccc2c1C(=O)N(c1ccc(CN3CCC(O)CC3)cc1)C2. The zero-order chi connectivity index (χ0) is 19.0. The molecule has 27 heavy (non-hydrogen) atoms. The van der Waals surface area contributed by atoms with E-state index >= 15 is 0 Å². The number of carbonyl (C=O) groups excluding carboxylic acids is 2. The van der Waals surface area contributed by atoms with Crippen LogP contribution < -0.4 is 10.6 Å². The van der Waals surface area contributed by atoms with E-state index in [1.807, 2.05) is 30.3 Å². The number of hydrogen-bond acceptors (Lipinski definition) is 4. The molecule has 1 fully saturated rings. The van der Waals surface area contributed by atoms with Crippen LogP contribution in [0.4, 0.5) is 5.69 Å². The molecule has 0 atom stereocenters. The number of anilines is 1. The van der Waals surface area contributed by atoms with Crippen molar-refractivity contribution in [1.82, 2.24) is 4.90 Å². The Labute approximate surface area is 158 Å². The highest BCUT2D eigenvalue weighted by molar-refractivity contribution is 6.16. The highest BCUT2D eigenvalue weighted by atomic mass is 16.3. The van der Waals surface area contributed by atoms with E-state index in [1.54, 1.807) is 17.0 Å². The minimum atomic E-state index is -0.580. The third-order valence-corrected chi connectivity index (χ3v) is 5.41. The largest absolute Gasteiger partial charge is 0.393 e. The van der Waals surface area contributed by atoms with Crippen molar-refractivity contribution in [2.45, 2.75) is 32.0 Å². The third-order valence-electron chi connectivity index (χ3n) is 5.41. The molecule has 0 spiro atoms. The molecule has 6 nitrogen and oxygen atoms in total. The van der Waals surface area contributed by atoms with Crippen molar-refractivity contribution in [3.05, 3.63) is 64.7 Å². The molecule has 6 heteroatoms. The quantitative estimate of drug-likeness (QED) is 0.866. The van der Waals surface area contributed by atoms with E-state index in [4.69, 9.17) is 5.73 Å². The van der Waals surface area contributed by atoms with E-state index in [1.165, 1.54) is 5.56 Å². The molecule has 4 rings (SSSR count). The molecule has 0 aliphatic carbocycles. The molecule has 0 aromatic heterocycles. The standard InChI is InChI=1S/C21H23N3O3/c22-20(26)18-3-1-2-15-13-24(21(27)19(15)18)16-6-4-14(5-7-16)12-23-10-8-17(25)9-11-23/h1-7,17,25H,8-13H2,(H2,22,26). The Hall–Kier alpha value is -2.70. The average molecular weight is 365 g/mol. The van der Waals surface area contributed by atoms with Crippen molar-refractivity contribution < 1.29 is 14.7 Å². The summed E-state index contributed by atoms with van der Waals surface area (Å²) in [4.78, 5) is 28.5. The number of aliphatic hydroxyl groups is 1. The Kier molecular flexibility index (Phi) is 4.68. The van der Waals surface area contributed by atoms with E-state index in [0.717, 1.165) is 43.7 Å². The summed E-state index contributed by atoms with van der Waals surface area (Å²) in [5, 5.41) is 9.61. The number of fused-ring (bicyclic) bond motifs is 1. The number of nitrogens with zero attached hydrogens (tertiary/aromatic N) is 2. The molecule has 2 aromatic carbocycles. The molecule has 2 aliphatic heterocycles. The molecular weight excluding hydrogens is 342 g/mol. The minimum Gasteiger partial charge on any atom is -0.393 e. The molecule has 0 radical (unpaired) electrons. The summed E-state index contributed by atoms with van der Waals surface area (Å²) >= 11 is 0. The van der Waals surface area contributed by atoms with E-state index in [-0.39, 0.29) is 17.6 Å². The van der Waals surface area contributed by atoms with Crippen molar-refractivity contribution >= 4 is 17.5 Å². The Morgan fingerprint density at radius 3 is 2.48 bits per heavy atom. The molecule has 3 N–H and O–H groups in total. The second-order valence-electron chi connectivity index (χ2n) is 7.27. The summed E-state index contributed by atoms with van der Waals surface area (Å²) in [5.74, 6) is -0.763. The lowest BCUT2D eigenvalue weighted by Crippen LogP contribution is -2.35. The molecule has 0 bridgehead atoms. The number of aliphatic hydroxyl groups excluding tert-OH is 1. The topological polar surface area (TPSA) is 86.9 Å². The van der Waals surface area contributed by atoms with Crippen LogP contribution in [0.1, 0.15) is 44.7 Å². The Bertz CT molecular complexity index is 871. The molecule has 0 unspecified atom stereocenters. The van der Waals surface area contributed by atoms with Gasteiger partial charge in [-0.05, 0) is 42.2 Å². The minimum absolute atomic E-state index is 0.170. The smallest absolute Gasteiger partial charge is 0.259 e. The zero-order valence-electron chi connectivity index (χ0n) is 15.1. The highest BCUT2D eigenvalue weighted by Crippen LogP contribution is 2.30. The number of benzene rings is 2. The predicted molar refractivity (Wildman–Crippen MR) is 102 cm³/mol. The van der Waals surface area contributed by atoms with Gasteiger partial charge in [-0.1, -0.05) is 24.3 Å². The molecule has 2 aliphatic rings. The average Bonchev–Trinajstić information content (AvgIpc) is 3.01. The van der Waals surface area contributed by atoms with E-state index in [0.29, 0.717) is 12.1 Å². The number of carbonyl (C=O) groups is 2. The van der Waals surface area contributed by atoms with Crippen molar-refractivity contribution in [2.24, 2.45) is 5.73 Å². The van der Waals surface area contributed by atoms with Gasteiger partial charge in [0.05, 0.1) is 23.8 Å². The van der Waals surface area contributed by atoms with Crippen LogP contribution in [-0.2, 0) is 13.1 Å². The van der Waals surface area contributed by atoms with E-state index in [2.05, 4.69) is 4.90 Å². The Morgan fingerprint density at radius 2 is 1.81 bits per heavy atom. The van der Waals surface area contributed by atoms with Crippen molar-refractivity contribution in [3.8, 4) is 0 Å². The van der Waals surface area contributed by atoms with Gasteiger partial charge in [-0.2, -0.15) is 0 Å². The summed E-state index contributed by atoms with van der Waals surface area (Å²) in [5.41, 5.74) is 8.93. The van der Waals surface area contributed by atoms with Crippen molar-refractivity contribution in [1.29, 1.82) is 0 Å². The van der Waals surface area contributed by atoms with Gasteiger partial charge < -0.3 is 15.7 Å². The van der Waals surface area contributed by atoms with Gasteiger partial charge in [-0.25, -0.2) is 0 Å². The maximum Gasteiger partial charge on any atom is 0.259 e.